The van der Waals surface area contributed by atoms with E-state index in [2.05, 4.69) is 30.1 Å². The normalized spacial score (nSPS) is 25.6. The summed E-state index contributed by atoms with van der Waals surface area (Å²) < 4.78 is 0. The number of fused-ring (bicyclic) bond motifs is 4. The molecule has 6 nitrogen and oxygen atoms in total. The molecule has 142 valence electrons. The first kappa shape index (κ1) is 17.3. The van der Waals surface area contributed by atoms with E-state index in [4.69, 9.17) is 0 Å². The van der Waals surface area contributed by atoms with Gasteiger partial charge in [-0.25, -0.2) is 15.0 Å². The molecular formula is C20H25N5OS. The van der Waals surface area contributed by atoms with Gasteiger partial charge in [-0.05, 0) is 38.5 Å². The summed E-state index contributed by atoms with van der Waals surface area (Å²) >= 11 is 1.65. The molecule has 0 aromatic carbocycles. The topological polar surface area (TPSA) is 62.2 Å². The minimum atomic E-state index is 0.111. The number of hydrogen-bond acceptors (Lipinski definition) is 6. The zero-order valence-electron chi connectivity index (χ0n) is 15.7. The third-order valence-corrected chi connectivity index (χ3v) is 6.73. The Morgan fingerprint density at radius 3 is 2.81 bits per heavy atom. The van der Waals surface area contributed by atoms with Crippen LogP contribution in [0.25, 0.3) is 0 Å². The number of amides is 1. The molecule has 2 aromatic heterocycles. The Bertz CT molecular complexity index is 835. The van der Waals surface area contributed by atoms with Crippen molar-refractivity contribution in [3.63, 3.8) is 0 Å². The maximum Gasteiger partial charge on any atom is 0.257 e. The SMILES string of the molecule is Cc1nc(C2CC2)ncc1C(=O)N1C[C@@H]2CC[C@H]1CN(Cc1cscn1)C2. The van der Waals surface area contributed by atoms with Gasteiger partial charge in [0.2, 0.25) is 0 Å². The van der Waals surface area contributed by atoms with E-state index < -0.39 is 0 Å². The Morgan fingerprint density at radius 1 is 1.19 bits per heavy atom. The largest absolute Gasteiger partial charge is 0.334 e. The summed E-state index contributed by atoms with van der Waals surface area (Å²) in [5.41, 5.74) is 4.54. The van der Waals surface area contributed by atoms with Crippen LogP contribution in [0.4, 0.5) is 0 Å². The minimum absolute atomic E-state index is 0.111. The van der Waals surface area contributed by atoms with Crippen LogP contribution in [0.3, 0.4) is 0 Å². The number of thiazole rings is 1. The second kappa shape index (κ2) is 6.95. The minimum Gasteiger partial charge on any atom is -0.334 e. The molecule has 2 atom stereocenters. The molecule has 6 rings (SSSR count). The maximum absolute atomic E-state index is 13.3. The first-order valence-corrected chi connectivity index (χ1v) is 10.9. The van der Waals surface area contributed by atoms with Gasteiger partial charge in [0.25, 0.3) is 5.91 Å². The third-order valence-electron chi connectivity index (χ3n) is 6.09. The first-order chi connectivity index (χ1) is 13.2. The summed E-state index contributed by atoms with van der Waals surface area (Å²) in [5.74, 6) is 2.08. The molecule has 0 radical (unpaired) electrons. The van der Waals surface area contributed by atoms with Crippen LogP contribution in [-0.2, 0) is 6.54 Å². The summed E-state index contributed by atoms with van der Waals surface area (Å²) in [5, 5.41) is 2.12. The highest BCUT2D eigenvalue weighted by atomic mass is 32.1. The van der Waals surface area contributed by atoms with Gasteiger partial charge < -0.3 is 4.90 Å². The van der Waals surface area contributed by atoms with Gasteiger partial charge in [0.15, 0.2) is 0 Å². The van der Waals surface area contributed by atoms with Crippen LogP contribution in [-0.4, -0.2) is 56.3 Å². The van der Waals surface area contributed by atoms with E-state index in [1.807, 2.05) is 12.4 Å². The predicted octanol–water partition coefficient (Wildman–Crippen LogP) is 2.86. The molecule has 2 aromatic rings. The van der Waals surface area contributed by atoms with Crippen LogP contribution in [0.2, 0.25) is 0 Å². The molecule has 7 heteroatoms. The lowest BCUT2D eigenvalue weighted by Gasteiger charge is -2.36. The highest BCUT2D eigenvalue weighted by Crippen LogP contribution is 2.38. The standard InChI is InChI=1S/C20H25N5OS/c1-13-18(6-21-19(23-13)15-3-4-15)20(26)25-8-14-2-5-17(25)10-24(7-14)9-16-11-27-12-22-16/h6,11-12,14-15,17H,2-5,7-10H2,1H3/t14-,17+/m1/s1. The van der Waals surface area contributed by atoms with Crippen LogP contribution in [0.1, 0.15) is 59.2 Å². The Morgan fingerprint density at radius 2 is 2.07 bits per heavy atom. The molecule has 3 saturated heterocycles. The molecule has 3 aliphatic heterocycles. The molecule has 1 saturated carbocycles. The zero-order valence-corrected chi connectivity index (χ0v) is 16.5. The van der Waals surface area contributed by atoms with Gasteiger partial charge in [-0.2, -0.15) is 0 Å². The van der Waals surface area contributed by atoms with Crippen molar-refractivity contribution in [3.8, 4) is 0 Å². The molecule has 4 fully saturated rings. The number of nitrogens with zero attached hydrogens (tertiary/aromatic N) is 5. The van der Waals surface area contributed by atoms with Crippen molar-refractivity contribution >= 4 is 17.2 Å². The lowest BCUT2D eigenvalue weighted by Crippen LogP contribution is -2.47. The summed E-state index contributed by atoms with van der Waals surface area (Å²) in [6, 6.07) is 0.275. The fourth-order valence-corrected chi connectivity index (χ4v) is 5.04. The van der Waals surface area contributed by atoms with Crippen molar-refractivity contribution < 1.29 is 4.79 Å². The molecule has 0 N–H and O–H groups in total. The van der Waals surface area contributed by atoms with Crippen LogP contribution < -0.4 is 0 Å². The second-order valence-electron chi connectivity index (χ2n) is 8.23. The van der Waals surface area contributed by atoms with Gasteiger partial charge in [0.1, 0.15) is 5.82 Å². The number of carbonyl (C=O) groups excluding carboxylic acids is 1. The van der Waals surface area contributed by atoms with E-state index in [1.54, 1.807) is 17.5 Å². The molecule has 0 spiro atoms. The number of rotatable bonds is 4. The van der Waals surface area contributed by atoms with E-state index in [0.717, 1.165) is 49.8 Å². The molecule has 1 aliphatic carbocycles. The summed E-state index contributed by atoms with van der Waals surface area (Å²) in [4.78, 5) is 31.4. The Balaban J connectivity index is 1.33. The Labute approximate surface area is 163 Å². The van der Waals surface area contributed by atoms with E-state index in [0.29, 0.717) is 17.4 Å². The smallest absolute Gasteiger partial charge is 0.257 e. The molecular weight excluding hydrogens is 358 g/mol. The van der Waals surface area contributed by atoms with Crippen LogP contribution in [0.15, 0.2) is 17.1 Å². The maximum atomic E-state index is 13.3. The van der Waals surface area contributed by atoms with Crippen LogP contribution in [0, 0.1) is 12.8 Å². The highest BCUT2D eigenvalue weighted by Gasteiger charge is 2.38. The van der Waals surface area contributed by atoms with Crippen molar-refractivity contribution in [3.05, 3.63) is 39.9 Å². The fourth-order valence-electron chi connectivity index (χ4n) is 4.49. The zero-order chi connectivity index (χ0) is 18.4. The van der Waals surface area contributed by atoms with Crippen LogP contribution in [0.5, 0.6) is 0 Å². The number of carbonyl (C=O) groups is 1. The van der Waals surface area contributed by atoms with Crippen molar-refractivity contribution in [2.45, 2.75) is 51.1 Å². The lowest BCUT2D eigenvalue weighted by molar-refractivity contribution is 0.0583. The molecule has 0 unspecified atom stereocenters. The number of aryl methyl sites for hydroxylation is 1. The van der Waals surface area contributed by atoms with Gasteiger partial charge >= 0.3 is 0 Å². The van der Waals surface area contributed by atoms with Crippen molar-refractivity contribution in [1.82, 2.24) is 24.8 Å². The van der Waals surface area contributed by atoms with Crippen molar-refractivity contribution in [1.29, 1.82) is 0 Å². The predicted molar refractivity (Wildman–Crippen MR) is 104 cm³/mol. The molecule has 2 bridgehead atoms. The van der Waals surface area contributed by atoms with Gasteiger partial charge in [0.05, 0.1) is 22.5 Å². The molecule has 27 heavy (non-hydrogen) atoms. The third kappa shape index (κ3) is 3.50. The quantitative estimate of drug-likeness (QED) is 0.812. The number of hydrogen-bond donors (Lipinski definition) is 0. The summed E-state index contributed by atoms with van der Waals surface area (Å²) in [7, 11) is 0. The molecule has 1 amide bonds. The van der Waals surface area contributed by atoms with Gasteiger partial charge in [-0.1, -0.05) is 0 Å². The van der Waals surface area contributed by atoms with Crippen molar-refractivity contribution in [2.75, 3.05) is 19.6 Å². The van der Waals surface area contributed by atoms with Gasteiger partial charge in [-0.15, -0.1) is 11.3 Å². The Hall–Kier alpha value is -1.86. The number of aromatic nitrogens is 3. The van der Waals surface area contributed by atoms with E-state index in [-0.39, 0.29) is 11.9 Å². The summed E-state index contributed by atoms with van der Waals surface area (Å²) in [6.45, 7) is 5.66. The molecule has 4 aliphatic rings. The summed E-state index contributed by atoms with van der Waals surface area (Å²) in [6.07, 6.45) is 6.42. The molecule has 5 heterocycles. The van der Waals surface area contributed by atoms with E-state index in [1.165, 1.54) is 19.3 Å². The van der Waals surface area contributed by atoms with Gasteiger partial charge in [0, 0.05) is 49.7 Å². The fraction of sp³-hybridized carbons (Fsp3) is 0.600. The van der Waals surface area contributed by atoms with Crippen LogP contribution >= 0.6 is 11.3 Å². The Kier molecular flexibility index (Phi) is 4.44. The first-order valence-electron chi connectivity index (χ1n) is 9.91. The highest BCUT2D eigenvalue weighted by molar-refractivity contribution is 7.07. The second-order valence-corrected chi connectivity index (χ2v) is 8.95. The van der Waals surface area contributed by atoms with E-state index in [9.17, 15) is 4.79 Å². The lowest BCUT2D eigenvalue weighted by atomic mass is 9.94. The number of piperidine rings is 1. The van der Waals surface area contributed by atoms with Crippen molar-refractivity contribution in [2.24, 2.45) is 5.92 Å². The van der Waals surface area contributed by atoms with E-state index >= 15 is 0 Å². The average molecular weight is 384 g/mol. The monoisotopic (exact) mass is 383 g/mol. The van der Waals surface area contributed by atoms with Gasteiger partial charge in [-0.3, -0.25) is 9.69 Å². The average Bonchev–Trinajstić information content (AvgIpc) is 3.45.